The maximum atomic E-state index is 14.1. The summed E-state index contributed by atoms with van der Waals surface area (Å²) in [5, 5.41) is 39.5. The van der Waals surface area contributed by atoms with Crippen molar-refractivity contribution in [1.29, 1.82) is 0 Å². The number of ether oxygens (including phenoxy) is 5. The third-order valence-corrected chi connectivity index (χ3v) is 15.1. The second-order valence-electron chi connectivity index (χ2n) is 18.7. The Labute approximate surface area is 347 Å². The van der Waals surface area contributed by atoms with Crippen LogP contribution in [0, 0.1) is 57.2 Å². The molecule has 0 aliphatic heterocycles. The third-order valence-electron chi connectivity index (χ3n) is 15.1. The van der Waals surface area contributed by atoms with Gasteiger partial charge in [-0.2, -0.15) is 0 Å². The van der Waals surface area contributed by atoms with E-state index in [-0.39, 0.29) is 60.9 Å². The molecule has 0 amide bonds. The summed E-state index contributed by atoms with van der Waals surface area (Å²) in [6.07, 6.45) is 2.67. The van der Waals surface area contributed by atoms with Crippen molar-refractivity contribution >= 4 is 35.8 Å². The maximum absolute atomic E-state index is 14.1. The van der Waals surface area contributed by atoms with E-state index in [1.165, 1.54) is 0 Å². The second-order valence-corrected chi connectivity index (χ2v) is 18.7. The fraction of sp³-hybridized carbons (Fsp3) is 0.773. The lowest BCUT2D eigenvalue weighted by molar-refractivity contribution is -0.181. The number of esters is 3. The molecule has 0 saturated heterocycles. The number of carboxylic acid groups (broad SMARTS) is 3. The Morgan fingerprint density at radius 3 is 1.51 bits per heavy atom. The van der Waals surface area contributed by atoms with Crippen molar-refractivity contribution in [3.8, 4) is 0 Å². The van der Waals surface area contributed by atoms with Gasteiger partial charge in [-0.1, -0.05) is 64.8 Å². The van der Waals surface area contributed by atoms with Crippen LogP contribution < -0.4 is 0 Å². The molecule has 0 bridgehead atoms. The summed E-state index contributed by atoms with van der Waals surface area (Å²) in [6, 6.07) is 0. The van der Waals surface area contributed by atoms with Crippen molar-refractivity contribution < 1.29 is 72.9 Å². The first-order valence-corrected chi connectivity index (χ1v) is 20.8. The van der Waals surface area contributed by atoms with Gasteiger partial charge in [0.25, 0.3) is 0 Å². The van der Waals surface area contributed by atoms with Crippen LogP contribution in [0.15, 0.2) is 24.3 Å². The van der Waals surface area contributed by atoms with Gasteiger partial charge in [0.1, 0.15) is 11.8 Å². The molecule has 0 radical (unpaired) electrons. The van der Waals surface area contributed by atoms with Crippen molar-refractivity contribution in [2.45, 2.75) is 117 Å². The molecule has 4 aliphatic carbocycles. The summed E-state index contributed by atoms with van der Waals surface area (Å²) >= 11 is 0. The molecule has 15 heteroatoms. The molecule has 4 saturated carbocycles. The molecule has 4 N–H and O–H groups in total. The van der Waals surface area contributed by atoms with Crippen molar-refractivity contribution in [2.75, 3.05) is 40.6 Å². The van der Waals surface area contributed by atoms with Crippen LogP contribution in [-0.4, -0.2) is 109 Å². The summed E-state index contributed by atoms with van der Waals surface area (Å²) < 4.78 is 28.1. The number of hydrogen-bond acceptors (Lipinski definition) is 12. The zero-order valence-corrected chi connectivity index (χ0v) is 35.6. The van der Waals surface area contributed by atoms with Crippen LogP contribution in [0.25, 0.3) is 0 Å². The highest BCUT2D eigenvalue weighted by Gasteiger charge is 2.57. The number of aliphatic hydroxyl groups is 1. The van der Waals surface area contributed by atoms with Crippen LogP contribution in [-0.2, 0) is 52.5 Å². The van der Waals surface area contributed by atoms with Gasteiger partial charge in [0.05, 0.1) is 46.9 Å². The smallest absolute Gasteiger partial charge is 0.335 e. The van der Waals surface area contributed by atoms with Crippen LogP contribution in [0.1, 0.15) is 105 Å². The maximum Gasteiger partial charge on any atom is 0.335 e. The van der Waals surface area contributed by atoms with Crippen LogP contribution in [0.5, 0.6) is 0 Å². The second kappa shape index (κ2) is 19.3. The first-order chi connectivity index (χ1) is 27.6. The fourth-order valence-corrected chi connectivity index (χ4v) is 11.8. The lowest BCUT2D eigenvalue weighted by Gasteiger charge is -2.58. The van der Waals surface area contributed by atoms with Gasteiger partial charge in [0, 0.05) is 23.9 Å². The Bertz CT molecular complexity index is 1620. The molecule has 12 atom stereocenters. The molecule has 0 aromatic carbocycles. The Balaban J connectivity index is 1.54. The van der Waals surface area contributed by atoms with Gasteiger partial charge in [-0.15, -0.1) is 0 Å². The molecule has 332 valence electrons. The van der Waals surface area contributed by atoms with E-state index in [0.29, 0.717) is 38.5 Å². The number of rotatable bonds is 19. The molecule has 4 fully saturated rings. The molecule has 59 heavy (non-hydrogen) atoms. The van der Waals surface area contributed by atoms with E-state index >= 15 is 0 Å². The Kier molecular flexibility index (Phi) is 15.6. The number of carbonyl (C=O) groups excluding carboxylic acids is 3. The highest BCUT2D eigenvalue weighted by molar-refractivity contribution is 5.87. The fourth-order valence-electron chi connectivity index (χ4n) is 11.8. The number of aliphatic carboxylic acids is 3. The Morgan fingerprint density at radius 2 is 1.08 bits per heavy atom. The number of fused-ring (bicyclic) bond motifs is 2. The van der Waals surface area contributed by atoms with Gasteiger partial charge in [0.2, 0.25) is 0 Å². The Morgan fingerprint density at radius 1 is 0.661 bits per heavy atom. The van der Waals surface area contributed by atoms with Gasteiger partial charge >= 0.3 is 35.8 Å². The minimum Gasteiger partial charge on any atom is -0.481 e. The lowest BCUT2D eigenvalue weighted by Crippen LogP contribution is -2.54. The normalized spacial score (nSPS) is 33.9. The number of aliphatic hydroxyl groups excluding tert-OH is 1. The molecular formula is C44H66O15. The zero-order valence-electron chi connectivity index (χ0n) is 35.6. The molecule has 0 unspecified atom stereocenters. The van der Waals surface area contributed by atoms with Gasteiger partial charge in [-0.05, 0) is 79.4 Å². The van der Waals surface area contributed by atoms with Crippen LogP contribution in [0.2, 0.25) is 0 Å². The average Bonchev–Trinajstić information content (AvgIpc) is 3.16. The quantitative estimate of drug-likeness (QED) is 0.0719. The molecular weight excluding hydrogens is 768 g/mol. The van der Waals surface area contributed by atoms with Crippen LogP contribution in [0.4, 0.5) is 0 Å². The molecule has 0 spiro atoms. The van der Waals surface area contributed by atoms with Crippen molar-refractivity contribution in [3.63, 3.8) is 0 Å². The van der Waals surface area contributed by atoms with E-state index < -0.39 is 83.5 Å². The zero-order chi connectivity index (χ0) is 44.1. The van der Waals surface area contributed by atoms with Gasteiger partial charge in [-0.3, -0.25) is 19.2 Å². The van der Waals surface area contributed by atoms with Gasteiger partial charge in [0.15, 0.2) is 12.2 Å². The summed E-state index contributed by atoms with van der Waals surface area (Å²) in [7, 11) is 2.21. The third kappa shape index (κ3) is 10.0. The van der Waals surface area contributed by atoms with Gasteiger partial charge in [-0.25, -0.2) is 9.59 Å². The molecule has 4 rings (SSSR count). The SMILES string of the molecule is C=C1CC[C@H]2[C@](C)(COC(=O)[C@@H](CC(=O)O)[C@@H](OC[C@H]3C(=C)CC[C@H]4[C@](C)(CO)CCC[C@]34C)C(=O)OC)CCC[C@]2(C)[C@H]1CO[C@@H](C(=O)OC)[C@H](CC(=O)O)C(=O)O. The standard InChI is InChI=1S/C44H66O15/c1-25-11-13-31-41(3,23-45)15-9-17-43(31,5)29(25)22-58-36(40(54)56-8)28(20-34(48)49)38(52)59-24-42(4)16-10-18-44(6)30(26(2)12-14-32(42)44)21-57-35(39(53)55-7)27(37(50)51)19-33(46)47/h27-32,35-36,45H,1-2,9-24H2,3-8H3,(H,46,47)(H,48,49)(H,50,51)/t27-,28-,29-,30-,31-,32-,35+,36+,41-,42-,43+,44+/m0/s1. The van der Waals surface area contributed by atoms with Crippen molar-refractivity contribution in [2.24, 2.45) is 57.2 Å². The number of methoxy groups -OCH3 is 2. The van der Waals surface area contributed by atoms with E-state index in [9.17, 15) is 49.2 Å². The van der Waals surface area contributed by atoms with Crippen LogP contribution >= 0.6 is 0 Å². The van der Waals surface area contributed by atoms with E-state index in [0.717, 1.165) is 51.0 Å². The highest BCUT2D eigenvalue weighted by Crippen LogP contribution is 2.62. The summed E-state index contributed by atoms with van der Waals surface area (Å²) in [5.41, 5.74) is 0.0251. The Hall–Kier alpha value is -3.82. The number of hydrogen-bond donors (Lipinski definition) is 4. The first kappa shape index (κ1) is 47.9. The lowest BCUT2D eigenvalue weighted by atomic mass is 9.47. The number of carbonyl (C=O) groups is 6. The van der Waals surface area contributed by atoms with Crippen molar-refractivity contribution in [3.05, 3.63) is 24.3 Å². The minimum atomic E-state index is -1.69. The average molecular weight is 835 g/mol. The van der Waals surface area contributed by atoms with E-state index in [4.69, 9.17) is 23.7 Å². The topological polar surface area (TPSA) is 229 Å². The van der Waals surface area contributed by atoms with E-state index in [1.54, 1.807) is 0 Å². The number of carboxylic acids is 3. The van der Waals surface area contributed by atoms with Gasteiger partial charge < -0.3 is 44.1 Å². The first-order valence-electron chi connectivity index (χ1n) is 20.8. The molecule has 0 aromatic rings. The summed E-state index contributed by atoms with van der Waals surface area (Å²) in [4.78, 5) is 75.9. The predicted octanol–water partition coefficient (Wildman–Crippen LogP) is 5.46. The van der Waals surface area contributed by atoms with E-state index in [2.05, 4.69) is 33.9 Å². The molecule has 4 aliphatic rings. The van der Waals surface area contributed by atoms with Crippen molar-refractivity contribution in [1.82, 2.24) is 0 Å². The molecule has 0 aromatic heterocycles. The monoisotopic (exact) mass is 834 g/mol. The largest absolute Gasteiger partial charge is 0.481 e. The minimum absolute atomic E-state index is 0.00233. The van der Waals surface area contributed by atoms with E-state index in [1.807, 2.05) is 6.92 Å². The van der Waals surface area contributed by atoms with Crippen LogP contribution in [0.3, 0.4) is 0 Å². The summed E-state index contributed by atoms with van der Waals surface area (Å²) in [5.74, 6) is -10.8. The summed E-state index contributed by atoms with van der Waals surface area (Å²) in [6.45, 7) is 16.8. The molecule has 15 nitrogen and oxygen atoms in total. The highest BCUT2D eigenvalue weighted by atomic mass is 16.6. The molecule has 0 heterocycles. The predicted molar refractivity (Wildman–Crippen MR) is 212 cm³/mol.